The molecular weight excluding hydrogens is 522 g/mol. The normalized spacial score (nSPS) is 15.2. The number of alkyl halides is 2. The zero-order valence-electron chi connectivity index (χ0n) is 22.3. The van der Waals surface area contributed by atoms with Gasteiger partial charge in [0.2, 0.25) is 0 Å². The molecule has 1 saturated heterocycles. The molecular formula is C27H31F4N3O5. The van der Waals surface area contributed by atoms with Gasteiger partial charge in [-0.2, -0.15) is 8.78 Å². The summed E-state index contributed by atoms with van der Waals surface area (Å²) >= 11 is 0. The Morgan fingerprint density at radius 2 is 1.87 bits per heavy atom. The highest BCUT2D eigenvalue weighted by Gasteiger charge is 2.49. The fourth-order valence-electron chi connectivity index (χ4n) is 4.12. The van der Waals surface area contributed by atoms with E-state index in [9.17, 15) is 13.9 Å². The number of aliphatic hydroxyl groups is 1. The zero-order chi connectivity index (χ0) is 28.5. The van der Waals surface area contributed by atoms with Crippen LogP contribution in [0.4, 0.5) is 23.4 Å². The van der Waals surface area contributed by atoms with Crippen molar-refractivity contribution < 1.29 is 41.6 Å². The van der Waals surface area contributed by atoms with Gasteiger partial charge in [-0.1, -0.05) is 12.1 Å². The first-order chi connectivity index (χ1) is 18.3. The van der Waals surface area contributed by atoms with Crippen LogP contribution in [-0.4, -0.2) is 60.3 Å². The third kappa shape index (κ3) is 5.73. The largest absolute Gasteiger partial charge is 0.490 e. The van der Waals surface area contributed by atoms with E-state index >= 15 is 8.78 Å². The van der Waals surface area contributed by atoms with Crippen LogP contribution in [0.25, 0.3) is 10.9 Å². The minimum atomic E-state index is -3.85. The number of anilines is 1. The number of benzene rings is 2. The van der Waals surface area contributed by atoms with E-state index in [1.165, 1.54) is 25.3 Å². The summed E-state index contributed by atoms with van der Waals surface area (Å²) in [4.78, 5) is 8.54. The van der Waals surface area contributed by atoms with E-state index in [-0.39, 0.29) is 58.9 Å². The van der Waals surface area contributed by atoms with Crippen LogP contribution in [0.2, 0.25) is 0 Å². The van der Waals surface area contributed by atoms with E-state index < -0.39 is 34.8 Å². The monoisotopic (exact) mass is 553 g/mol. The number of aromatic nitrogens is 2. The average Bonchev–Trinajstić information content (AvgIpc) is 2.82. The summed E-state index contributed by atoms with van der Waals surface area (Å²) in [5, 5.41) is 13.1. The minimum Gasteiger partial charge on any atom is -0.490 e. The number of hydrogen-bond acceptors (Lipinski definition) is 8. The molecule has 212 valence electrons. The molecule has 12 heteroatoms. The molecule has 2 heterocycles. The second-order valence-corrected chi connectivity index (χ2v) is 9.82. The molecule has 1 aliphatic heterocycles. The summed E-state index contributed by atoms with van der Waals surface area (Å²) in [6.45, 7) is 6.30. The fourth-order valence-corrected chi connectivity index (χ4v) is 4.12. The van der Waals surface area contributed by atoms with Crippen LogP contribution in [-0.2, 0) is 15.4 Å². The van der Waals surface area contributed by atoms with Gasteiger partial charge in [-0.3, -0.25) is 0 Å². The molecule has 3 aromatic rings. The minimum absolute atomic E-state index is 0.000186. The van der Waals surface area contributed by atoms with E-state index in [0.717, 1.165) is 19.9 Å². The Hall–Kier alpha value is -3.22. The van der Waals surface area contributed by atoms with Crippen molar-refractivity contribution in [3.05, 3.63) is 52.9 Å². The summed E-state index contributed by atoms with van der Waals surface area (Å²) in [6, 6.07) is 4.17. The molecule has 0 radical (unpaired) electrons. The Balaban J connectivity index is 1.67. The molecule has 4 rings (SSSR count). The molecule has 2 aromatic carbocycles. The first-order valence-electron chi connectivity index (χ1n) is 12.4. The molecule has 0 amide bonds. The molecule has 0 saturated carbocycles. The van der Waals surface area contributed by atoms with E-state index in [0.29, 0.717) is 13.2 Å². The number of methoxy groups -OCH3 is 1. The average molecular weight is 554 g/mol. The van der Waals surface area contributed by atoms with E-state index in [2.05, 4.69) is 15.3 Å². The molecule has 1 atom stereocenters. The zero-order valence-corrected chi connectivity index (χ0v) is 22.3. The summed E-state index contributed by atoms with van der Waals surface area (Å²) in [5.41, 5.74) is -3.59. The number of nitrogens with zero attached hydrogens (tertiary/aromatic N) is 2. The van der Waals surface area contributed by atoms with Gasteiger partial charge in [0.25, 0.3) is 0 Å². The van der Waals surface area contributed by atoms with E-state index in [1.807, 2.05) is 0 Å². The number of fused-ring (bicyclic) bond motifs is 1. The first-order valence-corrected chi connectivity index (χ1v) is 12.4. The van der Waals surface area contributed by atoms with Gasteiger partial charge in [-0.05, 0) is 39.8 Å². The lowest BCUT2D eigenvalue weighted by Gasteiger charge is -2.30. The lowest BCUT2D eigenvalue weighted by Crippen LogP contribution is -2.41. The highest BCUT2D eigenvalue weighted by atomic mass is 19.3. The lowest BCUT2D eigenvalue weighted by atomic mass is 9.91. The molecule has 1 fully saturated rings. The predicted octanol–water partition coefficient (Wildman–Crippen LogP) is 5.06. The number of ether oxygens (including phenoxy) is 4. The Morgan fingerprint density at radius 3 is 2.49 bits per heavy atom. The number of rotatable bonds is 11. The van der Waals surface area contributed by atoms with Crippen LogP contribution >= 0.6 is 0 Å². The molecule has 1 unspecified atom stereocenters. The number of nitrogens with one attached hydrogen (secondary N) is 1. The van der Waals surface area contributed by atoms with Gasteiger partial charge >= 0.3 is 5.92 Å². The summed E-state index contributed by atoms with van der Waals surface area (Å²) in [5.74, 6) is -5.53. The third-order valence-electron chi connectivity index (χ3n) is 6.42. The Bertz CT molecular complexity index is 1350. The Kier molecular flexibility index (Phi) is 8.20. The molecule has 1 aliphatic rings. The van der Waals surface area contributed by atoms with E-state index in [4.69, 9.17) is 18.9 Å². The fraction of sp³-hybridized carbons (Fsp3) is 0.481. The predicted molar refractivity (Wildman–Crippen MR) is 135 cm³/mol. The van der Waals surface area contributed by atoms with Crippen molar-refractivity contribution in [1.29, 1.82) is 0 Å². The van der Waals surface area contributed by atoms with Crippen LogP contribution < -0.4 is 14.8 Å². The lowest BCUT2D eigenvalue weighted by molar-refractivity contribution is -0.170. The quantitative estimate of drug-likeness (QED) is 0.252. The standard InChI is InChI=1S/C27H31F4N3O5/c1-14(17-7-6-8-19(21(17)28)27(30,31)26(3,4)35)32-25-18-11-20(39-10-9-38-16-12-37-13-16)24(36-5)22(29)23(18)33-15(2)34-25/h6-8,11,14,16,35H,9-10,12-13H2,1-5H3,(H,32,33,34). The second kappa shape index (κ2) is 11.1. The van der Waals surface area contributed by atoms with Crippen molar-refractivity contribution in [3.63, 3.8) is 0 Å². The SMILES string of the molecule is COc1c(OCCOC2COC2)cc2c(NC(C)c3cccc(C(F)(F)C(C)(C)O)c3F)nc(C)nc2c1F. The smallest absolute Gasteiger partial charge is 0.303 e. The number of aryl methyl sites for hydroxylation is 1. The van der Waals surface area contributed by atoms with Gasteiger partial charge in [0, 0.05) is 10.9 Å². The van der Waals surface area contributed by atoms with Crippen LogP contribution in [0.5, 0.6) is 11.5 Å². The topological polar surface area (TPSA) is 95.0 Å². The molecule has 39 heavy (non-hydrogen) atoms. The van der Waals surface area contributed by atoms with Crippen LogP contribution in [0.15, 0.2) is 24.3 Å². The van der Waals surface area contributed by atoms with Crippen LogP contribution in [0.3, 0.4) is 0 Å². The molecule has 0 aliphatic carbocycles. The maximum Gasteiger partial charge on any atom is 0.303 e. The maximum absolute atomic E-state index is 15.5. The van der Waals surface area contributed by atoms with Crippen LogP contribution in [0.1, 0.15) is 43.8 Å². The molecule has 8 nitrogen and oxygen atoms in total. The Morgan fingerprint density at radius 1 is 1.15 bits per heavy atom. The molecule has 0 bridgehead atoms. The third-order valence-corrected chi connectivity index (χ3v) is 6.42. The summed E-state index contributed by atoms with van der Waals surface area (Å²) in [7, 11) is 1.30. The first kappa shape index (κ1) is 28.8. The van der Waals surface area contributed by atoms with Gasteiger partial charge in [0.1, 0.15) is 41.3 Å². The Labute approximate surface area is 223 Å². The van der Waals surface area contributed by atoms with Gasteiger partial charge in [-0.15, -0.1) is 0 Å². The van der Waals surface area contributed by atoms with Gasteiger partial charge in [0.15, 0.2) is 17.3 Å². The van der Waals surface area contributed by atoms with Crippen molar-refractivity contribution in [2.24, 2.45) is 0 Å². The van der Waals surface area contributed by atoms with Gasteiger partial charge < -0.3 is 29.4 Å². The van der Waals surface area contributed by atoms with Crippen molar-refractivity contribution in [2.45, 2.75) is 51.4 Å². The number of halogens is 4. The van der Waals surface area contributed by atoms with Crippen molar-refractivity contribution in [2.75, 3.05) is 38.9 Å². The molecule has 1 aromatic heterocycles. The van der Waals surface area contributed by atoms with E-state index in [1.54, 1.807) is 13.8 Å². The highest BCUT2D eigenvalue weighted by molar-refractivity contribution is 5.92. The maximum atomic E-state index is 15.5. The summed E-state index contributed by atoms with van der Waals surface area (Å²) < 4.78 is 82.0. The van der Waals surface area contributed by atoms with Crippen molar-refractivity contribution >= 4 is 16.7 Å². The highest BCUT2D eigenvalue weighted by Crippen LogP contribution is 2.42. The summed E-state index contributed by atoms with van der Waals surface area (Å²) in [6.07, 6.45) is -0.000186. The van der Waals surface area contributed by atoms with Gasteiger partial charge in [0.05, 0.1) is 38.5 Å². The number of hydrogen-bond donors (Lipinski definition) is 2. The van der Waals surface area contributed by atoms with Gasteiger partial charge in [-0.25, -0.2) is 18.7 Å². The van der Waals surface area contributed by atoms with Crippen molar-refractivity contribution in [3.8, 4) is 11.5 Å². The second-order valence-electron chi connectivity index (χ2n) is 9.82. The van der Waals surface area contributed by atoms with Crippen molar-refractivity contribution in [1.82, 2.24) is 9.97 Å². The molecule has 0 spiro atoms. The van der Waals surface area contributed by atoms with Crippen LogP contribution in [0, 0.1) is 18.6 Å². The molecule has 2 N–H and O–H groups in total.